The first kappa shape index (κ1) is 35.5. The van der Waals surface area contributed by atoms with Gasteiger partial charge in [0, 0.05) is 13.0 Å². The van der Waals surface area contributed by atoms with Crippen molar-refractivity contribution in [3.8, 4) is 0 Å². The van der Waals surface area contributed by atoms with E-state index in [1.54, 1.807) is 6.92 Å². The normalized spacial score (nSPS) is 16.0. The average Bonchev–Trinajstić information content (AvgIpc) is 2.82. The molecule has 0 aromatic heterocycles. The second kappa shape index (κ2) is 22.5. The summed E-state index contributed by atoms with van der Waals surface area (Å²) < 4.78 is 28.7. The average molecular weight is 537 g/mol. The number of hydrogen-bond acceptors (Lipinski definition) is 5. The van der Waals surface area contributed by atoms with E-state index in [-0.39, 0.29) is 31.8 Å². The van der Waals surface area contributed by atoms with Crippen LogP contribution < -0.4 is 4.90 Å². The Morgan fingerprint density at radius 3 is 2.00 bits per heavy atom. The van der Waals surface area contributed by atoms with Gasteiger partial charge in [0.1, 0.15) is 6.10 Å². The number of unbranched alkanes of at least 4 members (excludes halogenated alkanes) is 9. The van der Waals surface area contributed by atoms with Gasteiger partial charge >= 0.3 is 13.6 Å². The first-order valence-electron chi connectivity index (χ1n) is 14.6. The summed E-state index contributed by atoms with van der Waals surface area (Å²) in [5.41, 5.74) is 0. The van der Waals surface area contributed by atoms with E-state index in [1.165, 1.54) is 70.6 Å². The molecule has 0 aliphatic rings. The minimum absolute atomic E-state index is 0.0681. The van der Waals surface area contributed by atoms with Gasteiger partial charge in [-0.15, -0.1) is 0 Å². The van der Waals surface area contributed by atoms with Crippen LogP contribution in [0, 0.1) is 11.8 Å². The third kappa shape index (κ3) is 22.7. The maximum atomic E-state index is 12.2. The standard InChI is InChI=1S/C28H58NO6P/c1-7-9-10-11-12-13-14-15-16-17-18-25(3)21-26(4)22-33-23-27(35-28(30)8-2)24-34-36(31,32)20-19-29(5)6/h25-27H,7-24H2,1-6H3,(H,31,32)/p+1. The quantitative estimate of drug-likeness (QED) is 0.0892. The van der Waals surface area contributed by atoms with Crippen LogP contribution in [0.15, 0.2) is 0 Å². The zero-order valence-electron chi connectivity index (χ0n) is 24.4. The summed E-state index contributed by atoms with van der Waals surface area (Å²) >= 11 is 0. The van der Waals surface area contributed by atoms with E-state index < -0.39 is 13.7 Å². The van der Waals surface area contributed by atoms with Gasteiger partial charge in [-0.05, 0) is 18.3 Å². The van der Waals surface area contributed by atoms with Crippen molar-refractivity contribution in [3.63, 3.8) is 0 Å². The van der Waals surface area contributed by atoms with Gasteiger partial charge in [-0.1, -0.05) is 98.3 Å². The fraction of sp³-hybridized carbons (Fsp3) is 0.964. The van der Waals surface area contributed by atoms with E-state index in [2.05, 4.69) is 20.8 Å². The van der Waals surface area contributed by atoms with Crippen LogP contribution in [0.4, 0.5) is 0 Å². The Morgan fingerprint density at radius 2 is 1.44 bits per heavy atom. The van der Waals surface area contributed by atoms with E-state index in [4.69, 9.17) is 14.0 Å². The zero-order valence-corrected chi connectivity index (χ0v) is 25.3. The van der Waals surface area contributed by atoms with E-state index >= 15 is 0 Å². The summed E-state index contributed by atoms with van der Waals surface area (Å²) in [4.78, 5) is 22.9. The molecule has 4 unspecified atom stereocenters. The highest BCUT2D eigenvalue weighted by atomic mass is 31.2. The fourth-order valence-electron chi connectivity index (χ4n) is 4.27. The molecular formula is C28H59NO6P+. The Bertz CT molecular complexity index is 574. The van der Waals surface area contributed by atoms with Crippen molar-refractivity contribution in [3.05, 3.63) is 0 Å². The van der Waals surface area contributed by atoms with Crippen LogP contribution in [0.1, 0.15) is 111 Å². The summed E-state index contributed by atoms with van der Waals surface area (Å²) in [6, 6.07) is 0. The molecule has 0 heterocycles. The van der Waals surface area contributed by atoms with Gasteiger partial charge in [0.15, 0.2) is 0 Å². The lowest BCUT2D eigenvalue weighted by molar-refractivity contribution is -0.855. The van der Waals surface area contributed by atoms with Gasteiger partial charge in [0.2, 0.25) is 0 Å². The third-order valence-electron chi connectivity index (χ3n) is 6.50. The molecule has 8 heteroatoms. The van der Waals surface area contributed by atoms with Crippen molar-refractivity contribution < 1.29 is 33.2 Å². The van der Waals surface area contributed by atoms with E-state index in [1.807, 2.05) is 14.1 Å². The molecule has 0 aliphatic heterocycles. The Balaban J connectivity index is 4.10. The number of hydrogen-bond donors (Lipinski definition) is 2. The predicted molar refractivity (Wildman–Crippen MR) is 149 cm³/mol. The Labute approximate surface area is 222 Å². The fourth-order valence-corrected chi connectivity index (χ4v) is 5.53. The molecule has 0 aliphatic carbocycles. The maximum absolute atomic E-state index is 12.2. The molecule has 0 aromatic carbocycles. The number of quaternary nitrogens is 1. The Kier molecular flexibility index (Phi) is 22.2. The molecule has 0 saturated carbocycles. The molecule has 0 saturated heterocycles. The lowest BCUT2D eigenvalue weighted by atomic mass is 9.93. The molecule has 36 heavy (non-hydrogen) atoms. The van der Waals surface area contributed by atoms with Crippen LogP contribution in [0.25, 0.3) is 0 Å². The molecule has 0 aromatic rings. The van der Waals surface area contributed by atoms with Crippen LogP contribution >= 0.6 is 7.60 Å². The number of ether oxygens (including phenoxy) is 2. The van der Waals surface area contributed by atoms with Gasteiger partial charge in [0.25, 0.3) is 0 Å². The highest BCUT2D eigenvalue weighted by Gasteiger charge is 2.25. The van der Waals surface area contributed by atoms with Crippen molar-refractivity contribution in [1.29, 1.82) is 0 Å². The molecule has 7 nitrogen and oxygen atoms in total. The Hall–Kier alpha value is -0.460. The van der Waals surface area contributed by atoms with Crippen LogP contribution in [0.3, 0.4) is 0 Å². The largest absolute Gasteiger partial charge is 0.457 e. The molecule has 0 bridgehead atoms. The van der Waals surface area contributed by atoms with Gasteiger partial charge in [0.05, 0.1) is 40.0 Å². The number of carbonyl (C=O) groups is 1. The predicted octanol–water partition coefficient (Wildman–Crippen LogP) is 5.64. The molecule has 0 radical (unpaired) electrons. The summed E-state index contributed by atoms with van der Waals surface area (Å²) in [7, 11) is 0.115. The van der Waals surface area contributed by atoms with Crippen molar-refractivity contribution in [2.45, 2.75) is 117 Å². The number of carbonyl (C=O) groups excluding carboxylic acids is 1. The van der Waals surface area contributed by atoms with Crippen LogP contribution in [-0.2, 0) is 23.4 Å². The van der Waals surface area contributed by atoms with Crippen molar-refractivity contribution in [1.82, 2.24) is 0 Å². The van der Waals surface area contributed by atoms with Crippen LogP contribution in [-0.4, -0.2) is 63.6 Å². The molecule has 216 valence electrons. The zero-order chi connectivity index (χ0) is 27.2. The topological polar surface area (TPSA) is 86.5 Å². The highest BCUT2D eigenvalue weighted by molar-refractivity contribution is 7.52. The first-order valence-corrected chi connectivity index (χ1v) is 16.4. The van der Waals surface area contributed by atoms with Crippen LogP contribution in [0.5, 0.6) is 0 Å². The van der Waals surface area contributed by atoms with Crippen molar-refractivity contribution in [2.75, 3.05) is 46.6 Å². The molecule has 0 fully saturated rings. The summed E-state index contributed by atoms with van der Waals surface area (Å²) in [5.74, 6) is 0.697. The highest BCUT2D eigenvalue weighted by Crippen LogP contribution is 2.41. The minimum atomic E-state index is -3.72. The molecular weight excluding hydrogens is 477 g/mol. The number of rotatable bonds is 25. The maximum Gasteiger partial charge on any atom is 0.333 e. The second-order valence-corrected chi connectivity index (χ2v) is 13.0. The van der Waals surface area contributed by atoms with E-state index in [0.29, 0.717) is 25.0 Å². The first-order chi connectivity index (χ1) is 17.1. The van der Waals surface area contributed by atoms with Gasteiger partial charge in [-0.25, -0.2) is 0 Å². The summed E-state index contributed by atoms with van der Waals surface area (Å²) in [6.45, 7) is 9.62. The molecule has 2 N–H and O–H groups in total. The minimum Gasteiger partial charge on any atom is -0.457 e. The number of esters is 1. The van der Waals surface area contributed by atoms with Gasteiger partial charge in [-0.2, -0.15) is 0 Å². The van der Waals surface area contributed by atoms with Crippen LogP contribution in [0.2, 0.25) is 0 Å². The van der Waals surface area contributed by atoms with Gasteiger partial charge in [-0.3, -0.25) is 9.36 Å². The number of nitrogens with one attached hydrogen (secondary N) is 1. The van der Waals surface area contributed by atoms with Crippen molar-refractivity contribution in [2.24, 2.45) is 11.8 Å². The van der Waals surface area contributed by atoms with Crippen molar-refractivity contribution >= 4 is 13.6 Å². The van der Waals surface area contributed by atoms with E-state index in [0.717, 1.165) is 11.3 Å². The molecule has 0 spiro atoms. The summed E-state index contributed by atoms with van der Waals surface area (Å²) in [6.07, 6.45) is 15.6. The third-order valence-corrected chi connectivity index (χ3v) is 7.85. The SMILES string of the molecule is CCCCCCCCCCCCC(C)CC(C)COCC(COP(=O)(O)CC[NH+](C)C)OC(=O)CC. The van der Waals surface area contributed by atoms with E-state index in [9.17, 15) is 14.3 Å². The molecule has 0 rings (SSSR count). The lowest BCUT2D eigenvalue weighted by Gasteiger charge is -2.22. The van der Waals surface area contributed by atoms with Gasteiger partial charge < -0.3 is 23.8 Å². The molecule has 4 atom stereocenters. The Morgan fingerprint density at radius 1 is 0.861 bits per heavy atom. The smallest absolute Gasteiger partial charge is 0.333 e. The molecule has 0 amide bonds. The second-order valence-electron chi connectivity index (χ2n) is 11.0. The monoisotopic (exact) mass is 536 g/mol. The summed E-state index contributed by atoms with van der Waals surface area (Å²) in [5, 5.41) is 0. The lowest BCUT2D eigenvalue weighted by Crippen LogP contribution is -3.06.